The van der Waals surface area contributed by atoms with Crippen LogP contribution in [0.3, 0.4) is 0 Å². The molecule has 0 aliphatic heterocycles. The molecule has 5 nitrogen and oxygen atoms in total. The maximum Gasteiger partial charge on any atom is 0.273 e. The lowest BCUT2D eigenvalue weighted by molar-refractivity contribution is -0.384. The summed E-state index contributed by atoms with van der Waals surface area (Å²) in [7, 11) is 0. The fourth-order valence-electron chi connectivity index (χ4n) is 2.55. The van der Waals surface area contributed by atoms with Gasteiger partial charge in [-0.05, 0) is 22.9 Å². The van der Waals surface area contributed by atoms with Gasteiger partial charge in [0.25, 0.3) is 5.69 Å². The number of aromatic nitrogens is 1. The first-order valence-corrected chi connectivity index (χ1v) is 6.75. The van der Waals surface area contributed by atoms with Gasteiger partial charge < -0.3 is 4.42 Å². The zero-order chi connectivity index (χ0) is 15.1. The van der Waals surface area contributed by atoms with Crippen LogP contribution < -0.4 is 0 Å². The van der Waals surface area contributed by atoms with Crippen LogP contribution in [0.4, 0.5) is 5.69 Å². The summed E-state index contributed by atoms with van der Waals surface area (Å²) in [5, 5.41) is 13.0. The highest BCUT2D eigenvalue weighted by molar-refractivity contribution is 5.95. The summed E-state index contributed by atoms with van der Waals surface area (Å²) in [4.78, 5) is 14.8. The van der Waals surface area contributed by atoms with E-state index in [-0.39, 0.29) is 5.69 Å². The van der Waals surface area contributed by atoms with Gasteiger partial charge in [-0.15, -0.1) is 0 Å². The van der Waals surface area contributed by atoms with Crippen molar-refractivity contribution < 1.29 is 9.34 Å². The molecule has 0 bridgehead atoms. The molecule has 0 saturated carbocycles. The number of non-ortho nitro benzene ring substituents is 1. The van der Waals surface area contributed by atoms with Gasteiger partial charge in [-0.25, -0.2) is 4.98 Å². The average molecular weight is 290 g/mol. The van der Waals surface area contributed by atoms with Gasteiger partial charge in [-0.3, -0.25) is 10.1 Å². The molecule has 0 N–H and O–H groups in total. The molecule has 0 saturated heterocycles. The van der Waals surface area contributed by atoms with E-state index in [1.807, 2.05) is 42.5 Å². The van der Waals surface area contributed by atoms with E-state index in [9.17, 15) is 10.1 Å². The summed E-state index contributed by atoms with van der Waals surface area (Å²) in [6.07, 6.45) is 0. The Morgan fingerprint density at radius 3 is 2.68 bits per heavy atom. The first-order chi connectivity index (χ1) is 10.7. The average Bonchev–Trinajstić information content (AvgIpc) is 2.97. The minimum absolute atomic E-state index is 0.00637. The van der Waals surface area contributed by atoms with Crippen LogP contribution in [-0.4, -0.2) is 9.91 Å². The van der Waals surface area contributed by atoms with Crippen molar-refractivity contribution >= 4 is 27.6 Å². The quantitative estimate of drug-likeness (QED) is 0.401. The van der Waals surface area contributed by atoms with Crippen LogP contribution >= 0.6 is 0 Å². The second kappa shape index (κ2) is 4.66. The first kappa shape index (κ1) is 12.5. The fraction of sp³-hybridized carbons (Fsp3) is 0. The molecule has 0 radical (unpaired) electrons. The monoisotopic (exact) mass is 290 g/mol. The number of rotatable bonds is 2. The van der Waals surface area contributed by atoms with E-state index < -0.39 is 4.92 Å². The molecule has 0 amide bonds. The number of benzene rings is 3. The molecule has 0 atom stereocenters. The summed E-state index contributed by atoms with van der Waals surface area (Å²) in [6, 6.07) is 18.3. The van der Waals surface area contributed by atoms with Crippen molar-refractivity contribution in [2.75, 3.05) is 0 Å². The van der Waals surface area contributed by atoms with Crippen molar-refractivity contribution in [2.45, 2.75) is 0 Å². The van der Waals surface area contributed by atoms with Crippen LogP contribution in [-0.2, 0) is 0 Å². The Morgan fingerprint density at radius 1 is 1.00 bits per heavy atom. The lowest BCUT2D eigenvalue weighted by atomic mass is 10.0. The zero-order valence-electron chi connectivity index (χ0n) is 11.4. The molecule has 0 unspecified atom stereocenters. The number of fused-ring (bicyclic) bond motifs is 2. The van der Waals surface area contributed by atoms with Gasteiger partial charge in [0, 0.05) is 11.6 Å². The lowest BCUT2D eigenvalue weighted by Gasteiger charge is -2.01. The molecule has 3 aromatic carbocycles. The number of nitrogens with zero attached hydrogens (tertiary/aromatic N) is 2. The predicted octanol–water partition coefficient (Wildman–Crippen LogP) is 4.56. The van der Waals surface area contributed by atoms with E-state index in [1.54, 1.807) is 6.07 Å². The van der Waals surface area contributed by atoms with Crippen LogP contribution in [0.25, 0.3) is 33.3 Å². The topological polar surface area (TPSA) is 69.2 Å². The zero-order valence-corrected chi connectivity index (χ0v) is 11.4. The molecule has 5 heteroatoms. The maximum atomic E-state index is 10.8. The summed E-state index contributed by atoms with van der Waals surface area (Å²) >= 11 is 0. The molecule has 0 spiro atoms. The minimum atomic E-state index is -0.445. The molecule has 0 aliphatic carbocycles. The van der Waals surface area contributed by atoms with Crippen LogP contribution in [0.15, 0.2) is 65.1 Å². The van der Waals surface area contributed by atoms with E-state index in [1.165, 1.54) is 12.1 Å². The van der Waals surface area contributed by atoms with Crippen LogP contribution in [0, 0.1) is 10.1 Å². The molecule has 1 aromatic heterocycles. The largest absolute Gasteiger partial charge is 0.436 e. The van der Waals surface area contributed by atoms with Crippen molar-refractivity contribution in [1.82, 2.24) is 4.98 Å². The van der Waals surface area contributed by atoms with Crippen LogP contribution in [0.5, 0.6) is 0 Å². The Kier molecular flexibility index (Phi) is 2.66. The van der Waals surface area contributed by atoms with E-state index in [2.05, 4.69) is 4.98 Å². The van der Waals surface area contributed by atoms with E-state index in [0.717, 1.165) is 16.3 Å². The summed E-state index contributed by atoms with van der Waals surface area (Å²) < 4.78 is 5.74. The number of nitro groups is 1. The van der Waals surface area contributed by atoms with Crippen molar-refractivity contribution in [3.05, 3.63) is 70.8 Å². The normalized spacial score (nSPS) is 11.1. The SMILES string of the molecule is O=[N+]([O-])c1ccc2nc(-c3cccc4ccccc34)oc2c1. The molecule has 0 aliphatic rings. The molecule has 4 rings (SSSR count). The highest BCUT2D eigenvalue weighted by atomic mass is 16.6. The van der Waals surface area contributed by atoms with Crippen LogP contribution in [0.2, 0.25) is 0 Å². The van der Waals surface area contributed by atoms with Gasteiger partial charge in [0.15, 0.2) is 5.58 Å². The third-order valence-corrected chi connectivity index (χ3v) is 3.60. The molecule has 0 fully saturated rings. The number of nitro benzene ring substituents is 1. The Balaban J connectivity index is 1.95. The Labute approximate surface area is 125 Å². The maximum absolute atomic E-state index is 10.8. The Morgan fingerprint density at radius 2 is 1.82 bits per heavy atom. The van der Waals surface area contributed by atoms with Crippen molar-refractivity contribution in [2.24, 2.45) is 0 Å². The van der Waals surface area contributed by atoms with Gasteiger partial charge in [0.2, 0.25) is 5.89 Å². The molecule has 4 aromatic rings. The Bertz CT molecular complexity index is 1020. The van der Waals surface area contributed by atoms with E-state index in [0.29, 0.717) is 17.0 Å². The highest BCUT2D eigenvalue weighted by Gasteiger charge is 2.14. The third kappa shape index (κ3) is 1.91. The number of oxazole rings is 1. The molecule has 106 valence electrons. The molecule has 1 heterocycles. The molecular weight excluding hydrogens is 280 g/mol. The number of hydrogen-bond acceptors (Lipinski definition) is 4. The smallest absolute Gasteiger partial charge is 0.273 e. The highest BCUT2D eigenvalue weighted by Crippen LogP contribution is 2.31. The van der Waals surface area contributed by atoms with Gasteiger partial charge in [-0.1, -0.05) is 36.4 Å². The standard InChI is InChI=1S/C17H10N2O3/c20-19(21)12-8-9-15-16(10-12)22-17(18-15)14-7-3-5-11-4-1-2-6-13(11)14/h1-10H. The van der Waals surface area contributed by atoms with Gasteiger partial charge in [0.1, 0.15) is 5.52 Å². The molecule has 22 heavy (non-hydrogen) atoms. The summed E-state index contributed by atoms with van der Waals surface area (Å²) in [5.41, 5.74) is 1.88. The molecular formula is C17H10N2O3. The lowest BCUT2D eigenvalue weighted by Crippen LogP contribution is -1.86. The van der Waals surface area contributed by atoms with Crippen molar-refractivity contribution in [1.29, 1.82) is 0 Å². The first-order valence-electron chi connectivity index (χ1n) is 6.75. The second-order valence-electron chi connectivity index (χ2n) is 4.95. The van der Waals surface area contributed by atoms with Gasteiger partial charge in [-0.2, -0.15) is 0 Å². The summed E-state index contributed by atoms with van der Waals surface area (Å²) in [5.74, 6) is 0.465. The van der Waals surface area contributed by atoms with E-state index >= 15 is 0 Å². The predicted molar refractivity (Wildman–Crippen MR) is 83.6 cm³/mol. The Hall–Kier alpha value is -3.21. The van der Waals surface area contributed by atoms with Crippen molar-refractivity contribution in [3.8, 4) is 11.5 Å². The van der Waals surface area contributed by atoms with Gasteiger partial charge in [0.05, 0.1) is 11.0 Å². The minimum Gasteiger partial charge on any atom is -0.436 e. The van der Waals surface area contributed by atoms with Crippen LogP contribution in [0.1, 0.15) is 0 Å². The second-order valence-corrected chi connectivity index (χ2v) is 4.95. The van der Waals surface area contributed by atoms with Gasteiger partial charge >= 0.3 is 0 Å². The summed E-state index contributed by atoms with van der Waals surface area (Å²) in [6.45, 7) is 0. The number of hydrogen-bond donors (Lipinski definition) is 0. The van der Waals surface area contributed by atoms with E-state index in [4.69, 9.17) is 4.42 Å². The third-order valence-electron chi connectivity index (χ3n) is 3.60. The van der Waals surface area contributed by atoms with Crippen molar-refractivity contribution in [3.63, 3.8) is 0 Å². The fourth-order valence-corrected chi connectivity index (χ4v) is 2.55.